The van der Waals surface area contributed by atoms with Crippen LogP contribution in [-0.4, -0.2) is 31.2 Å². The number of ether oxygens (including phenoxy) is 1. The van der Waals surface area contributed by atoms with E-state index in [4.69, 9.17) is 4.74 Å². The van der Waals surface area contributed by atoms with E-state index in [9.17, 15) is 4.79 Å². The zero-order valence-corrected chi connectivity index (χ0v) is 15.6. The summed E-state index contributed by atoms with van der Waals surface area (Å²) in [5.41, 5.74) is 2.91. The number of nitrogens with zero attached hydrogens (tertiary/aromatic N) is 5. The summed E-state index contributed by atoms with van der Waals surface area (Å²) in [5, 5.41) is 12.4. The average Bonchev–Trinajstić information content (AvgIpc) is 3.20. The Hall–Kier alpha value is -3.61. The van der Waals surface area contributed by atoms with Gasteiger partial charge in [0.1, 0.15) is 0 Å². The molecular formula is C21H19N5O2. The molecule has 0 spiro atoms. The molecule has 0 bridgehead atoms. The fourth-order valence-corrected chi connectivity index (χ4v) is 2.93. The van der Waals surface area contributed by atoms with Crippen LogP contribution in [0.2, 0.25) is 0 Å². The third kappa shape index (κ3) is 3.46. The van der Waals surface area contributed by atoms with Gasteiger partial charge in [0, 0.05) is 11.1 Å². The van der Waals surface area contributed by atoms with Gasteiger partial charge in [-0.05, 0) is 40.6 Å². The van der Waals surface area contributed by atoms with Gasteiger partial charge in [-0.1, -0.05) is 50.2 Å². The Balaban J connectivity index is 1.61. The highest BCUT2D eigenvalue weighted by Crippen LogP contribution is 2.23. The van der Waals surface area contributed by atoms with Crippen LogP contribution in [0.5, 0.6) is 0 Å². The molecule has 0 aliphatic rings. The van der Waals surface area contributed by atoms with Gasteiger partial charge in [-0.15, -0.1) is 5.10 Å². The predicted molar refractivity (Wildman–Crippen MR) is 104 cm³/mol. The number of para-hydroxylation sites is 2. The molecule has 0 saturated carbocycles. The van der Waals surface area contributed by atoms with Crippen LogP contribution in [0.4, 0.5) is 0 Å². The molecule has 140 valence electrons. The Kier molecular flexibility index (Phi) is 4.80. The van der Waals surface area contributed by atoms with Gasteiger partial charge in [-0.3, -0.25) is 4.98 Å². The van der Waals surface area contributed by atoms with E-state index in [1.807, 2.05) is 68.4 Å². The van der Waals surface area contributed by atoms with Gasteiger partial charge in [0.15, 0.2) is 12.4 Å². The Morgan fingerprint density at radius 2 is 1.82 bits per heavy atom. The van der Waals surface area contributed by atoms with Crippen molar-refractivity contribution < 1.29 is 9.53 Å². The van der Waals surface area contributed by atoms with E-state index >= 15 is 0 Å². The maximum Gasteiger partial charge on any atom is 0.339 e. The third-order valence-electron chi connectivity index (χ3n) is 4.41. The fraction of sp³-hybridized carbons (Fsp3) is 0.190. The fourth-order valence-electron chi connectivity index (χ4n) is 2.93. The topological polar surface area (TPSA) is 82.8 Å². The molecule has 0 aliphatic carbocycles. The summed E-state index contributed by atoms with van der Waals surface area (Å²) in [6.45, 7) is 4.05. The highest BCUT2D eigenvalue weighted by Gasteiger charge is 2.17. The normalized spacial score (nSPS) is 11.1. The minimum absolute atomic E-state index is 0.0333. The molecule has 2 aromatic carbocycles. The summed E-state index contributed by atoms with van der Waals surface area (Å²) < 4.78 is 7.10. The lowest BCUT2D eigenvalue weighted by molar-refractivity contribution is 0.0461. The number of fused-ring (bicyclic) bond motifs is 1. The lowest BCUT2D eigenvalue weighted by Crippen LogP contribution is -2.11. The molecule has 0 unspecified atom stereocenters. The first kappa shape index (κ1) is 17.8. The van der Waals surface area contributed by atoms with Crippen LogP contribution in [0.25, 0.3) is 16.6 Å². The Morgan fingerprint density at radius 1 is 1.07 bits per heavy atom. The molecule has 0 saturated heterocycles. The van der Waals surface area contributed by atoms with Crippen LogP contribution < -0.4 is 0 Å². The van der Waals surface area contributed by atoms with Gasteiger partial charge < -0.3 is 4.74 Å². The van der Waals surface area contributed by atoms with Crippen molar-refractivity contribution >= 4 is 16.9 Å². The van der Waals surface area contributed by atoms with E-state index in [0.29, 0.717) is 11.4 Å². The second kappa shape index (κ2) is 7.56. The Morgan fingerprint density at radius 3 is 2.61 bits per heavy atom. The summed E-state index contributed by atoms with van der Waals surface area (Å²) >= 11 is 0. The molecule has 2 aromatic heterocycles. The van der Waals surface area contributed by atoms with E-state index in [1.165, 1.54) is 0 Å². The summed E-state index contributed by atoms with van der Waals surface area (Å²) in [4.78, 5) is 17.5. The molecule has 4 aromatic rings. The monoisotopic (exact) mass is 373 g/mol. The van der Waals surface area contributed by atoms with Crippen molar-refractivity contribution in [2.24, 2.45) is 0 Å². The van der Waals surface area contributed by atoms with Crippen molar-refractivity contribution in [3.8, 4) is 5.69 Å². The van der Waals surface area contributed by atoms with Gasteiger partial charge in [0.25, 0.3) is 0 Å². The minimum Gasteiger partial charge on any atom is -0.454 e. The number of hydrogen-bond acceptors (Lipinski definition) is 6. The second-order valence-electron chi connectivity index (χ2n) is 6.69. The molecule has 4 rings (SSSR count). The summed E-state index contributed by atoms with van der Waals surface area (Å²) in [6, 6.07) is 18.8. The van der Waals surface area contributed by atoms with Crippen LogP contribution in [-0.2, 0) is 11.3 Å². The smallest absolute Gasteiger partial charge is 0.339 e. The van der Waals surface area contributed by atoms with Crippen molar-refractivity contribution in [1.29, 1.82) is 0 Å². The molecule has 0 fully saturated rings. The van der Waals surface area contributed by atoms with Crippen molar-refractivity contribution in [1.82, 2.24) is 25.2 Å². The first-order valence-corrected chi connectivity index (χ1v) is 9.03. The average molecular weight is 373 g/mol. The number of aromatic nitrogens is 5. The van der Waals surface area contributed by atoms with Crippen LogP contribution in [0.15, 0.2) is 60.7 Å². The minimum atomic E-state index is -0.428. The zero-order valence-electron chi connectivity index (χ0n) is 15.6. The van der Waals surface area contributed by atoms with E-state index in [2.05, 4.69) is 20.5 Å². The second-order valence-corrected chi connectivity index (χ2v) is 6.69. The number of pyridine rings is 1. The lowest BCUT2D eigenvalue weighted by atomic mass is 10.0. The first-order valence-electron chi connectivity index (χ1n) is 9.03. The van der Waals surface area contributed by atoms with E-state index < -0.39 is 5.97 Å². The summed E-state index contributed by atoms with van der Waals surface area (Å²) in [7, 11) is 0. The standard InChI is InChI=1S/C21H19N5O2/c1-14(2)19-12-17(16-10-6-7-11-18(16)22-19)21(27)28-13-20-23-24-25-26(20)15-8-4-3-5-9-15/h3-12,14H,13H2,1-2H3. The molecule has 2 heterocycles. The highest BCUT2D eigenvalue weighted by molar-refractivity contribution is 6.03. The van der Waals surface area contributed by atoms with Crippen LogP contribution in [0.3, 0.4) is 0 Å². The molecule has 0 radical (unpaired) electrons. The predicted octanol–water partition coefficient (Wildman–Crippen LogP) is 3.69. The van der Waals surface area contributed by atoms with Crippen LogP contribution >= 0.6 is 0 Å². The van der Waals surface area contributed by atoms with Gasteiger partial charge >= 0.3 is 5.97 Å². The highest BCUT2D eigenvalue weighted by atomic mass is 16.5. The van der Waals surface area contributed by atoms with E-state index in [0.717, 1.165) is 22.3 Å². The third-order valence-corrected chi connectivity index (χ3v) is 4.41. The lowest BCUT2D eigenvalue weighted by Gasteiger charge is -2.11. The maximum absolute atomic E-state index is 12.8. The van der Waals surface area contributed by atoms with Crippen LogP contribution in [0, 0.1) is 0 Å². The number of benzene rings is 2. The van der Waals surface area contributed by atoms with Crippen LogP contribution in [0.1, 0.15) is 41.6 Å². The molecular weight excluding hydrogens is 354 g/mol. The number of hydrogen-bond donors (Lipinski definition) is 0. The molecule has 0 atom stereocenters. The number of rotatable bonds is 5. The molecule has 0 amide bonds. The molecule has 7 heteroatoms. The van der Waals surface area contributed by atoms with Crippen molar-refractivity contribution in [2.45, 2.75) is 26.4 Å². The first-order chi connectivity index (χ1) is 13.6. The molecule has 0 aliphatic heterocycles. The molecule has 28 heavy (non-hydrogen) atoms. The van der Waals surface area contributed by atoms with Gasteiger partial charge in [0.05, 0.1) is 16.8 Å². The van der Waals surface area contributed by atoms with Gasteiger partial charge in [-0.2, -0.15) is 4.68 Å². The van der Waals surface area contributed by atoms with Crippen molar-refractivity contribution in [3.05, 3.63) is 77.7 Å². The van der Waals surface area contributed by atoms with Crippen molar-refractivity contribution in [3.63, 3.8) is 0 Å². The Labute approximate surface area is 162 Å². The summed E-state index contributed by atoms with van der Waals surface area (Å²) in [6.07, 6.45) is 0. The SMILES string of the molecule is CC(C)c1cc(C(=O)OCc2nnnn2-c2ccccc2)c2ccccc2n1. The van der Waals surface area contributed by atoms with Gasteiger partial charge in [-0.25, -0.2) is 4.79 Å². The Bertz CT molecular complexity index is 1120. The van der Waals surface area contributed by atoms with Crippen molar-refractivity contribution in [2.75, 3.05) is 0 Å². The molecule has 7 nitrogen and oxygen atoms in total. The number of tetrazole rings is 1. The number of esters is 1. The zero-order chi connectivity index (χ0) is 19.5. The van der Waals surface area contributed by atoms with E-state index in [1.54, 1.807) is 10.7 Å². The van der Waals surface area contributed by atoms with Gasteiger partial charge in [0.2, 0.25) is 0 Å². The quantitative estimate of drug-likeness (QED) is 0.496. The molecule has 0 N–H and O–H groups in total. The van der Waals surface area contributed by atoms with E-state index in [-0.39, 0.29) is 12.5 Å². The number of carbonyl (C=O) groups excluding carboxylic acids is 1. The number of carbonyl (C=O) groups is 1. The summed E-state index contributed by atoms with van der Waals surface area (Å²) in [5.74, 6) is 0.214. The largest absolute Gasteiger partial charge is 0.454 e. The maximum atomic E-state index is 12.8.